The van der Waals surface area contributed by atoms with E-state index in [-0.39, 0.29) is 11.4 Å². The summed E-state index contributed by atoms with van der Waals surface area (Å²) < 4.78 is 0.333. The number of hydrogen-bond donors (Lipinski definition) is 2. The van der Waals surface area contributed by atoms with Crippen LogP contribution in [0.15, 0.2) is 88.1 Å². The van der Waals surface area contributed by atoms with Gasteiger partial charge in [0.25, 0.3) is 17.5 Å². The first-order chi connectivity index (χ1) is 17.8. The number of benzene rings is 3. The molecule has 0 spiro atoms. The molecule has 0 aliphatic heterocycles. The second kappa shape index (κ2) is 13.1. The van der Waals surface area contributed by atoms with Crippen molar-refractivity contribution >= 4 is 51.4 Å². The Kier molecular flexibility index (Phi) is 9.68. The van der Waals surface area contributed by atoms with Crippen molar-refractivity contribution in [3.8, 4) is 0 Å². The largest absolute Gasteiger partial charge is 0.372 e. The molecule has 0 bridgehead atoms. The van der Waals surface area contributed by atoms with Crippen molar-refractivity contribution in [1.82, 2.24) is 10.7 Å². The van der Waals surface area contributed by atoms with Crippen molar-refractivity contribution in [3.05, 3.63) is 110 Å². The standard InChI is InChI=1S/C27H26BrN5O4/c1-3-32(4-2)22-13-10-19(11-14-22)16-24(30-26(34)21-8-6-5-7-9-21)27(35)31-29-18-20-12-15-23(28)25(17-20)33(36)37/h5-18H,3-4H2,1-2H3,(H,30,34)(H,31,35). The van der Waals surface area contributed by atoms with E-state index in [1.165, 1.54) is 18.3 Å². The number of rotatable bonds is 10. The van der Waals surface area contributed by atoms with Crippen LogP contribution in [0, 0.1) is 10.1 Å². The number of anilines is 1. The molecular formula is C27H26BrN5O4. The first-order valence-electron chi connectivity index (χ1n) is 11.5. The second-order valence-electron chi connectivity index (χ2n) is 7.81. The summed E-state index contributed by atoms with van der Waals surface area (Å²) in [5.74, 6) is -1.10. The summed E-state index contributed by atoms with van der Waals surface area (Å²) >= 11 is 3.13. The van der Waals surface area contributed by atoms with E-state index >= 15 is 0 Å². The van der Waals surface area contributed by atoms with E-state index in [1.807, 2.05) is 24.3 Å². The van der Waals surface area contributed by atoms with Gasteiger partial charge in [0.15, 0.2) is 0 Å². The Bertz CT molecular complexity index is 1320. The summed E-state index contributed by atoms with van der Waals surface area (Å²) in [7, 11) is 0. The molecule has 0 unspecified atom stereocenters. The van der Waals surface area contributed by atoms with Crippen molar-refractivity contribution in [2.75, 3.05) is 18.0 Å². The van der Waals surface area contributed by atoms with Gasteiger partial charge in [-0.2, -0.15) is 5.10 Å². The van der Waals surface area contributed by atoms with Gasteiger partial charge in [0.05, 0.1) is 15.6 Å². The minimum atomic E-state index is -0.653. The molecule has 2 amide bonds. The van der Waals surface area contributed by atoms with E-state index in [9.17, 15) is 19.7 Å². The van der Waals surface area contributed by atoms with Gasteiger partial charge in [-0.15, -0.1) is 0 Å². The van der Waals surface area contributed by atoms with Crippen LogP contribution >= 0.6 is 15.9 Å². The highest BCUT2D eigenvalue weighted by atomic mass is 79.9. The van der Waals surface area contributed by atoms with Gasteiger partial charge in [-0.3, -0.25) is 19.7 Å². The van der Waals surface area contributed by atoms with E-state index < -0.39 is 16.7 Å². The quantitative estimate of drug-likeness (QED) is 0.153. The van der Waals surface area contributed by atoms with Crippen LogP contribution in [0.4, 0.5) is 11.4 Å². The van der Waals surface area contributed by atoms with Crippen molar-refractivity contribution < 1.29 is 14.5 Å². The summed E-state index contributed by atoms with van der Waals surface area (Å²) in [6.45, 7) is 5.88. The first-order valence-corrected chi connectivity index (χ1v) is 12.3. The molecular weight excluding hydrogens is 538 g/mol. The fourth-order valence-electron chi connectivity index (χ4n) is 3.45. The maximum Gasteiger partial charge on any atom is 0.287 e. The van der Waals surface area contributed by atoms with Gasteiger partial charge >= 0.3 is 0 Å². The van der Waals surface area contributed by atoms with Crippen molar-refractivity contribution in [3.63, 3.8) is 0 Å². The Morgan fingerprint density at radius 2 is 1.65 bits per heavy atom. The molecule has 0 atom stereocenters. The second-order valence-corrected chi connectivity index (χ2v) is 8.66. The average Bonchev–Trinajstić information content (AvgIpc) is 2.91. The molecule has 0 aromatic heterocycles. The molecule has 3 aromatic carbocycles. The number of nitrogens with one attached hydrogen (secondary N) is 2. The molecule has 0 radical (unpaired) electrons. The Morgan fingerprint density at radius 1 is 1.00 bits per heavy atom. The first kappa shape index (κ1) is 27.3. The maximum absolute atomic E-state index is 13.0. The molecule has 0 aliphatic rings. The number of hydrogen-bond acceptors (Lipinski definition) is 6. The van der Waals surface area contributed by atoms with Crippen LogP contribution in [-0.4, -0.2) is 36.0 Å². The topological polar surface area (TPSA) is 117 Å². The normalized spacial score (nSPS) is 11.3. The highest BCUT2D eigenvalue weighted by Gasteiger charge is 2.15. The number of hydrazone groups is 1. The predicted molar refractivity (Wildman–Crippen MR) is 148 cm³/mol. The number of carbonyl (C=O) groups is 2. The number of halogens is 1. The Balaban J connectivity index is 1.83. The minimum absolute atomic E-state index is 0.0108. The lowest BCUT2D eigenvalue weighted by atomic mass is 10.1. The lowest BCUT2D eigenvalue weighted by Crippen LogP contribution is -2.32. The van der Waals surface area contributed by atoms with Crippen molar-refractivity contribution in [2.24, 2.45) is 5.10 Å². The highest BCUT2D eigenvalue weighted by Crippen LogP contribution is 2.25. The zero-order chi connectivity index (χ0) is 26.8. The molecule has 3 aromatic rings. The third-order valence-corrected chi connectivity index (χ3v) is 6.08. The number of amides is 2. The fraction of sp³-hybridized carbons (Fsp3) is 0.148. The van der Waals surface area contributed by atoms with Crippen LogP contribution in [0.3, 0.4) is 0 Å². The minimum Gasteiger partial charge on any atom is -0.372 e. The molecule has 0 aliphatic carbocycles. The lowest BCUT2D eigenvalue weighted by molar-refractivity contribution is -0.385. The smallest absolute Gasteiger partial charge is 0.287 e. The SMILES string of the molecule is CCN(CC)c1ccc(C=C(NC(=O)c2ccccc2)C(=O)NN=Cc2ccc(Br)c([N+](=O)[O-])c2)cc1. The van der Waals surface area contributed by atoms with Gasteiger partial charge in [0.2, 0.25) is 0 Å². The van der Waals surface area contributed by atoms with Gasteiger partial charge in [-0.1, -0.05) is 36.4 Å². The van der Waals surface area contributed by atoms with Crippen LogP contribution in [0.25, 0.3) is 6.08 Å². The predicted octanol–water partition coefficient (Wildman–Crippen LogP) is 5.12. The molecule has 0 saturated carbocycles. The van der Waals surface area contributed by atoms with Crippen LogP contribution in [0.5, 0.6) is 0 Å². The molecule has 0 heterocycles. The van der Waals surface area contributed by atoms with E-state index in [0.717, 1.165) is 18.8 Å². The van der Waals surface area contributed by atoms with Gasteiger partial charge in [0, 0.05) is 36.0 Å². The van der Waals surface area contributed by atoms with Gasteiger partial charge in [0.1, 0.15) is 5.70 Å². The fourth-order valence-corrected chi connectivity index (χ4v) is 3.85. The average molecular weight is 564 g/mol. The summed E-state index contributed by atoms with van der Waals surface area (Å²) in [6.07, 6.45) is 2.84. The lowest BCUT2D eigenvalue weighted by Gasteiger charge is -2.20. The van der Waals surface area contributed by atoms with E-state index in [0.29, 0.717) is 21.2 Å². The Morgan fingerprint density at radius 3 is 2.27 bits per heavy atom. The number of carbonyl (C=O) groups excluding carboxylic acids is 2. The third kappa shape index (κ3) is 7.58. The van der Waals surface area contributed by atoms with Crippen molar-refractivity contribution in [1.29, 1.82) is 0 Å². The Hall–Kier alpha value is -4.31. The molecule has 0 saturated heterocycles. The van der Waals surface area contributed by atoms with Crippen LogP contribution in [0.2, 0.25) is 0 Å². The number of nitro benzene ring substituents is 1. The van der Waals surface area contributed by atoms with Crippen LogP contribution in [-0.2, 0) is 4.79 Å². The molecule has 9 nitrogen and oxygen atoms in total. The summed E-state index contributed by atoms with van der Waals surface area (Å²) in [5, 5.41) is 17.7. The van der Waals surface area contributed by atoms with Crippen LogP contribution < -0.4 is 15.6 Å². The van der Waals surface area contributed by atoms with Gasteiger partial charge in [-0.25, -0.2) is 5.43 Å². The van der Waals surface area contributed by atoms with Gasteiger partial charge in [-0.05, 0) is 71.7 Å². The van der Waals surface area contributed by atoms with E-state index in [4.69, 9.17) is 0 Å². The molecule has 37 heavy (non-hydrogen) atoms. The number of nitro groups is 1. The Labute approximate surface area is 223 Å². The van der Waals surface area contributed by atoms with Crippen molar-refractivity contribution in [2.45, 2.75) is 13.8 Å². The zero-order valence-corrected chi connectivity index (χ0v) is 21.9. The molecule has 2 N–H and O–H groups in total. The maximum atomic E-state index is 13.0. The monoisotopic (exact) mass is 563 g/mol. The summed E-state index contributed by atoms with van der Waals surface area (Å²) in [4.78, 5) is 38.5. The molecule has 3 rings (SSSR count). The summed E-state index contributed by atoms with van der Waals surface area (Å²) in [5.41, 5.74) is 4.81. The van der Waals surface area contributed by atoms with E-state index in [2.05, 4.69) is 50.5 Å². The summed E-state index contributed by atoms with van der Waals surface area (Å²) in [6, 6.07) is 20.6. The van der Waals surface area contributed by atoms with Gasteiger partial charge < -0.3 is 10.2 Å². The molecule has 10 heteroatoms. The van der Waals surface area contributed by atoms with E-state index in [1.54, 1.807) is 42.5 Å². The number of nitrogens with zero attached hydrogens (tertiary/aromatic N) is 3. The molecule has 190 valence electrons. The van der Waals surface area contributed by atoms with Crippen LogP contribution in [0.1, 0.15) is 35.3 Å². The highest BCUT2D eigenvalue weighted by molar-refractivity contribution is 9.10. The zero-order valence-electron chi connectivity index (χ0n) is 20.3. The third-order valence-electron chi connectivity index (χ3n) is 5.41. The molecule has 0 fully saturated rings.